The van der Waals surface area contributed by atoms with Gasteiger partial charge in [-0.3, -0.25) is 45.8 Å². The van der Waals surface area contributed by atoms with E-state index in [1.807, 2.05) is 0 Å². The van der Waals surface area contributed by atoms with Crippen LogP contribution < -0.4 is 20.4 Å². The summed E-state index contributed by atoms with van der Waals surface area (Å²) in [6.45, 7) is 13.9. The minimum Gasteiger partial charge on any atom is -0.465 e. The van der Waals surface area contributed by atoms with Gasteiger partial charge < -0.3 is 23.7 Å². The lowest BCUT2D eigenvalue weighted by atomic mass is 10.1. The number of amides is 4. The molecule has 2 atom stereocenters. The molecule has 57 heavy (non-hydrogen) atoms. The van der Waals surface area contributed by atoms with Crippen molar-refractivity contribution in [3.8, 4) is 0 Å². The molecule has 2 aromatic rings. The van der Waals surface area contributed by atoms with Gasteiger partial charge in [-0.15, -0.1) is 11.6 Å². The van der Waals surface area contributed by atoms with E-state index in [0.29, 0.717) is 55.3 Å². The average molecular weight is 815 g/mol. The summed E-state index contributed by atoms with van der Waals surface area (Å²) in [7, 11) is 0. The predicted molar refractivity (Wildman–Crippen MR) is 212 cm³/mol. The van der Waals surface area contributed by atoms with Gasteiger partial charge in [-0.25, -0.2) is 19.2 Å². The van der Waals surface area contributed by atoms with Gasteiger partial charge in [0.1, 0.15) is 23.9 Å². The molecular weight excluding hydrogens is 764 g/mol. The van der Waals surface area contributed by atoms with Gasteiger partial charge in [0.25, 0.3) is 0 Å². The van der Waals surface area contributed by atoms with E-state index in [2.05, 4.69) is 20.4 Å². The standard InChI is InChI=1S/C23H33N5O6.C15H18ClN3O4/c1-4-32-20(29)15-27-11-9-26(10-12-27)13-19-14-28(23(31)34-19)18-7-5-17(6-8-18)21(24)25-22(30)33-16(2)3;1-9(2)22-14(20)18-13(17)10-3-5-11(6-4-10)19-8-12(7-16)23-15(19)21/h5-8,16,19H,4,9-15H2,1-3H3,(H2,24,25,30);3-6,9,12H,7-8H2,1-2H3,(H2,17,18,20). The maximum Gasteiger partial charge on any atom is 0.414 e. The second kappa shape index (κ2) is 21.2. The lowest BCUT2D eigenvalue weighted by molar-refractivity contribution is -0.144. The Kier molecular flexibility index (Phi) is 16.4. The highest BCUT2D eigenvalue weighted by Crippen LogP contribution is 2.24. The first kappa shape index (κ1) is 44.3. The molecule has 0 aliphatic carbocycles. The smallest absolute Gasteiger partial charge is 0.414 e. The monoisotopic (exact) mass is 814 g/mol. The number of rotatable bonds is 12. The number of amidine groups is 2. The molecule has 2 aromatic carbocycles. The lowest BCUT2D eigenvalue weighted by Crippen LogP contribution is -2.50. The SMILES string of the molecule is CC(C)OC(=O)NC(=N)c1ccc(N2CC(CCl)OC2=O)cc1.CCOC(=O)CN1CCN(CC2CN(c3ccc(C(=N)NC(=O)OC(C)C)cc3)C(=O)O2)CC1. The van der Waals surface area contributed by atoms with Crippen LogP contribution in [0.1, 0.15) is 45.7 Å². The van der Waals surface area contributed by atoms with Crippen LogP contribution in [0.4, 0.5) is 30.6 Å². The summed E-state index contributed by atoms with van der Waals surface area (Å²) in [5.41, 5.74) is 2.29. The number of carbonyl (C=O) groups is 5. The summed E-state index contributed by atoms with van der Waals surface area (Å²) < 4.78 is 25.5. The number of nitrogens with one attached hydrogen (secondary N) is 4. The molecule has 5 rings (SSSR count). The van der Waals surface area contributed by atoms with Crippen LogP contribution in [0.3, 0.4) is 0 Å². The van der Waals surface area contributed by atoms with Gasteiger partial charge in [0.05, 0.1) is 44.3 Å². The maximum absolute atomic E-state index is 12.4. The molecular formula is C38H51ClN8O10. The number of hydrogen-bond donors (Lipinski definition) is 4. The number of hydrogen-bond acceptors (Lipinski definition) is 14. The van der Waals surface area contributed by atoms with Crippen molar-refractivity contribution in [1.29, 1.82) is 10.8 Å². The number of alkyl halides is 1. The Morgan fingerprint density at radius 1 is 0.737 bits per heavy atom. The second-order valence-electron chi connectivity index (χ2n) is 13.8. The Labute approximate surface area is 336 Å². The van der Waals surface area contributed by atoms with Crippen LogP contribution >= 0.6 is 11.6 Å². The Bertz CT molecular complexity index is 1740. The molecule has 310 valence electrons. The summed E-state index contributed by atoms with van der Waals surface area (Å²) in [5.74, 6) is -0.123. The molecule has 0 saturated carbocycles. The van der Waals surface area contributed by atoms with Crippen molar-refractivity contribution in [3.05, 3.63) is 59.7 Å². The van der Waals surface area contributed by atoms with Crippen molar-refractivity contribution in [2.24, 2.45) is 0 Å². The number of piperazine rings is 1. The number of benzene rings is 2. The van der Waals surface area contributed by atoms with Crippen LogP contribution in [0.5, 0.6) is 0 Å². The van der Waals surface area contributed by atoms with Crippen molar-refractivity contribution >= 4 is 65.0 Å². The van der Waals surface area contributed by atoms with Gasteiger partial charge >= 0.3 is 30.3 Å². The molecule has 2 unspecified atom stereocenters. The highest BCUT2D eigenvalue weighted by molar-refractivity contribution is 6.18. The fourth-order valence-corrected chi connectivity index (χ4v) is 6.06. The minimum atomic E-state index is -0.684. The molecule has 4 amide bonds. The lowest BCUT2D eigenvalue weighted by Gasteiger charge is -2.34. The van der Waals surface area contributed by atoms with E-state index in [1.165, 1.54) is 4.90 Å². The molecule has 18 nitrogen and oxygen atoms in total. The Morgan fingerprint density at radius 3 is 1.56 bits per heavy atom. The number of anilines is 2. The summed E-state index contributed by atoms with van der Waals surface area (Å²) >= 11 is 5.69. The van der Waals surface area contributed by atoms with E-state index in [-0.39, 0.29) is 47.9 Å². The Balaban J connectivity index is 0.000000273. The van der Waals surface area contributed by atoms with Crippen molar-refractivity contribution in [1.82, 2.24) is 20.4 Å². The van der Waals surface area contributed by atoms with E-state index in [0.717, 1.165) is 26.2 Å². The van der Waals surface area contributed by atoms with Crippen molar-refractivity contribution < 1.29 is 47.7 Å². The summed E-state index contributed by atoms with van der Waals surface area (Å²) in [6.07, 6.45) is -3.34. The fourth-order valence-electron chi connectivity index (χ4n) is 5.90. The molecule has 3 heterocycles. The van der Waals surface area contributed by atoms with Gasteiger partial charge in [-0.1, -0.05) is 0 Å². The first-order valence-corrected chi connectivity index (χ1v) is 19.1. The minimum absolute atomic E-state index is 0.0789. The average Bonchev–Trinajstić information content (AvgIpc) is 3.73. The van der Waals surface area contributed by atoms with Crippen molar-refractivity contribution in [2.75, 3.05) is 74.6 Å². The van der Waals surface area contributed by atoms with Gasteiger partial charge in [-0.2, -0.15) is 0 Å². The fraction of sp³-hybridized carbons (Fsp3) is 0.500. The third-order valence-electron chi connectivity index (χ3n) is 8.58. The van der Waals surface area contributed by atoms with E-state index in [1.54, 1.807) is 88.0 Å². The quantitative estimate of drug-likeness (QED) is 0.0773. The zero-order chi connectivity index (χ0) is 41.6. The third kappa shape index (κ3) is 13.6. The van der Waals surface area contributed by atoms with E-state index in [9.17, 15) is 24.0 Å². The van der Waals surface area contributed by atoms with Crippen molar-refractivity contribution in [3.63, 3.8) is 0 Å². The highest BCUT2D eigenvalue weighted by Gasteiger charge is 2.35. The number of ether oxygens (including phenoxy) is 5. The van der Waals surface area contributed by atoms with Gasteiger partial charge in [0, 0.05) is 55.2 Å². The van der Waals surface area contributed by atoms with Crippen molar-refractivity contribution in [2.45, 2.75) is 59.0 Å². The zero-order valence-electron chi connectivity index (χ0n) is 32.7. The number of cyclic esters (lactones) is 2. The molecule has 0 radical (unpaired) electrons. The van der Waals surface area contributed by atoms with Crippen LogP contribution in [-0.2, 0) is 28.5 Å². The van der Waals surface area contributed by atoms with Crippen LogP contribution in [0.15, 0.2) is 48.5 Å². The molecule has 0 bridgehead atoms. The molecule has 0 aromatic heterocycles. The van der Waals surface area contributed by atoms with E-state index in [4.69, 9.17) is 46.1 Å². The number of alkyl carbamates (subject to hydrolysis) is 2. The molecule has 4 N–H and O–H groups in total. The number of carbonyl (C=O) groups excluding carboxylic acids is 5. The van der Waals surface area contributed by atoms with Crippen LogP contribution in [0.2, 0.25) is 0 Å². The molecule has 0 spiro atoms. The first-order valence-electron chi connectivity index (χ1n) is 18.6. The van der Waals surface area contributed by atoms with E-state index >= 15 is 0 Å². The number of nitrogens with zero attached hydrogens (tertiary/aromatic N) is 4. The molecule has 3 fully saturated rings. The van der Waals surface area contributed by atoms with Gasteiger partial charge in [0.15, 0.2) is 0 Å². The molecule has 19 heteroatoms. The Hall–Kier alpha value is -5.46. The molecule has 3 aliphatic rings. The number of esters is 1. The van der Waals surface area contributed by atoms with Crippen LogP contribution in [-0.4, -0.2) is 141 Å². The summed E-state index contributed by atoms with van der Waals surface area (Å²) in [5, 5.41) is 20.6. The summed E-state index contributed by atoms with van der Waals surface area (Å²) in [6, 6.07) is 13.4. The van der Waals surface area contributed by atoms with Crippen LogP contribution in [0, 0.1) is 10.8 Å². The highest BCUT2D eigenvalue weighted by atomic mass is 35.5. The van der Waals surface area contributed by atoms with Gasteiger partial charge in [-0.05, 0) is 83.1 Å². The Morgan fingerprint density at radius 2 is 1.16 bits per heavy atom. The topological polar surface area (TPSA) is 216 Å². The largest absolute Gasteiger partial charge is 0.465 e. The van der Waals surface area contributed by atoms with Crippen LogP contribution in [0.25, 0.3) is 0 Å². The molecule has 3 aliphatic heterocycles. The summed E-state index contributed by atoms with van der Waals surface area (Å²) in [4.78, 5) is 66.3. The predicted octanol–water partition coefficient (Wildman–Crippen LogP) is 4.36. The van der Waals surface area contributed by atoms with Gasteiger partial charge in [0.2, 0.25) is 0 Å². The number of halogens is 1. The second-order valence-corrected chi connectivity index (χ2v) is 14.1. The van der Waals surface area contributed by atoms with E-state index < -0.39 is 24.4 Å². The third-order valence-corrected chi connectivity index (χ3v) is 8.92. The zero-order valence-corrected chi connectivity index (χ0v) is 33.5. The molecule has 3 saturated heterocycles. The normalized spacial score (nSPS) is 18.3. The maximum atomic E-state index is 12.4. The first-order chi connectivity index (χ1) is 27.1.